The van der Waals surface area contributed by atoms with E-state index in [0.29, 0.717) is 6.10 Å². The Bertz CT molecular complexity index is 432. The standard InChI is InChI=1S/C14H24N4OS.HI/c1-11-18-12(10-20-11)5-7-16-14(15-2)17-8-6-13-4-3-9-19-13;/h10,13H,3-9H2,1-2H3,(H2,15,16,17);1H. The zero-order valence-electron chi connectivity index (χ0n) is 12.7. The largest absolute Gasteiger partial charge is 0.378 e. The van der Waals surface area contributed by atoms with Crippen molar-refractivity contribution in [2.24, 2.45) is 4.99 Å². The van der Waals surface area contributed by atoms with Gasteiger partial charge < -0.3 is 15.4 Å². The predicted molar refractivity (Wildman–Crippen MR) is 98.9 cm³/mol. The first-order valence-electron chi connectivity index (χ1n) is 7.25. The lowest BCUT2D eigenvalue weighted by Gasteiger charge is -2.13. The summed E-state index contributed by atoms with van der Waals surface area (Å²) in [5.41, 5.74) is 1.15. The normalized spacial score (nSPS) is 18.4. The van der Waals surface area contributed by atoms with Gasteiger partial charge >= 0.3 is 0 Å². The van der Waals surface area contributed by atoms with Crippen LogP contribution in [0.15, 0.2) is 10.4 Å². The Morgan fingerprint density at radius 1 is 1.48 bits per heavy atom. The molecule has 0 radical (unpaired) electrons. The van der Waals surface area contributed by atoms with E-state index in [9.17, 15) is 0 Å². The molecule has 21 heavy (non-hydrogen) atoms. The van der Waals surface area contributed by atoms with Crippen LogP contribution in [0.1, 0.15) is 30.0 Å². The minimum absolute atomic E-state index is 0. The van der Waals surface area contributed by atoms with E-state index in [1.807, 2.05) is 6.92 Å². The van der Waals surface area contributed by atoms with Gasteiger partial charge in [0.25, 0.3) is 0 Å². The number of aromatic nitrogens is 1. The Balaban J connectivity index is 0.00000220. The number of aryl methyl sites for hydroxylation is 1. The van der Waals surface area contributed by atoms with Gasteiger partial charge in [0.05, 0.1) is 16.8 Å². The average molecular weight is 424 g/mol. The van der Waals surface area contributed by atoms with Crippen LogP contribution < -0.4 is 10.6 Å². The van der Waals surface area contributed by atoms with E-state index < -0.39 is 0 Å². The van der Waals surface area contributed by atoms with Crippen LogP contribution in [0.2, 0.25) is 0 Å². The summed E-state index contributed by atoms with van der Waals surface area (Å²) in [5, 5.41) is 9.88. The first kappa shape index (κ1) is 18.6. The van der Waals surface area contributed by atoms with Gasteiger partial charge in [0, 0.05) is 38.5 Å². The van der Waals surface area contributed by atoms with Gasteiger partial charge in [-0.05, 0) is 26.2 Å². The van der Waals surface area contributed by atoms with Crippen molar-refractivity contribution >= 4 is 41.3 Å². The highest BCUT2D eigenvalue weighted by Gasteiger charge is 2.14. The quantitative estimate of drug-likeness (QED) is 0.418. The Labute approximate surface area is 148 Å². The van der Waals surface area contributed by atoms with Gasteiger partial charge in [-0.2, -0.15) is 0 Å². The molecule has 1 unspecified atom stereocenters. The molecule has 1 aromatic heterocycles. The topological polar surface area (TPSA) is 58.5 Å². The fourth-order valence-electron chi connectivity index (χ4n) is 2.28. The fraction of sp³-hybridized carbons (Fsp3) is 0.714. The van der Waals surface area contributed by atoms with Crippen LogP contribution in [0.5, 0.6) is 0 Å². The molecule has 1 aromatic rings. The van der Waals surface area contributed by atoms with E-state index >= 15 is 0 Å². The number of rotatable bonds is 6. The summed E-state index contributed by atoms with van der Waals surface area (Å²) in [6, 6.07) is 0. The molecule has 120 valence electrons. The van der Waals surface area contributed by atoms with Crippen LogP contribution in [0, 0.1) is 6.92 Å². The second-order valence-electron chi connectivity index (χ2n) is 4.96. The molecule has 0 aromatic carbocycles. The highest BCUT2D eigenvalue weighted by molar-refractivity contribution is 14.0. The third kappa shape index (κ3) is 6.92. The number of hydrogen-bond acceptors (Lipinski definition) is 4. The molecular formula is C14H25IN4OS. The highest BCUT2D eigenvalue weighted by Crippen LogP contribution is 2.14. The van der Waals surface area contributed by atoms with Crippen molar-refractivity contribution in [2.45, 2.75) is 38.7 Å². The van der Waals surface area contributed by atoms with Crippen LogP contribution in [-0.4, -0.2) is 43.8 Å². The lowest BCUT2D eigenvalue weighted by molar-refractivity contribution is 0.105. The summed E-state index contributed by atoms with van der Waals surface area (Å²) < 4.78 is 5.60. The highest BCUT2D eigenvalue weighted by atomic mass is 127. The molecule has 1 fully saturated rings. The van der Waals surface area contributed by atoms with Crippen LogP contribution in [-0.2, 0) is 11.2 Å². The summed E-state index contributed by atoms with van der Waals surface area (Å²) in [7, 11) is 1.80. The summed E-state index contributed by atoms with van der Waals surface area (Å²) in [6.45, 7) is 4.71. The van der Waals surface area contributed by atoms with Crippen molar-refractivity contribution in [3.8, 4) is 0 Å². The number of hydrogen-bond donors (Lipinski definition) is 2. The van der Waals surface area contributed by atoms with Crippen LogP contribution in [0.25, 0.3) is 0 Å². The molecule has 0 spiro atoms. The Hall–Kier alpha value is -0.410. The molecule has 1 aliphatic rings. The summed E-state index contributed by atoms with van der Waals surface area (Å²) >= 11 is 1.70. The number of aliphatic imine (C=N–C) groups is 1. The van der Waals surface area contributed by atoms with E-state index in [0.717, 1.165) is 49.2 Å². The number of thiazole rings is 1. The molecule has 0 bridgehead atoms. The van der Waals surface area contributed by atoms with E-state index in [-0.39, 0.29) is 24.0 Å². The van der Waals surface area contributed by atoms with Gasteiger partial charge in [0.1, 0.15) is 0 Å². The van der Waals surface area contributed by atoms with Gasteiger partial charge in [0.2, 0.25) is 0 Å². The van der Waals surface area contributed by atoms with Crippen molar-refractivity contribution in [1.82, 2.24) is 15.6 Å². The molecule has 2 N–H and O–H groups in total. The van der Waals surface area contributed by atoms with Crippen molar-refractivity contribution in [3.63, 3.8) is 0 Å². The van der Waals surface area contributed by atoms with Crippen LogP contribution >= 0.6 is 35.3 Å². The molecule has 7 heteroatoms. The van der Waals surface area contributed by atoms with E-state index in [1.165, 1.54) is 12.8 Å². The number of guanidine groups is 1. The number of nitrogens with one attached hydrogen (secondary N) is 2. The zero-order chi connectivity index (χ0) is 14.2. The minimum Gasteiger partial charge on any atom is -0.378 e. The molecule has 0 amide bonds. The van der Waals surface area contributed by atoms with Crippen molar-refractivity contribution < 1.29 is 4.74 Å². The molecule has 1 atom stereocenters. The van der Waals surface area contributed by atoms with Gasteiger partial charge in [-0.3, -0.25) is 4.99 Å². The zero-order valence-corrected chi connectivity index (χ0v) is 15.9. The second-order valence-corrected chi connectivity index (χ2v) is 6.02. The van der Waals surface area contributed by atoms with Crippen molar-refractivity contribution in [3.05, 3.63) is 16.1 Å². The van der Waals surface area contributed by atoms with Crippen LogP contribution in [0.3, 0.4) is 0 Å². The fourth-order valence-corrected chi connectivity index (χ4v) is 2.92. The number of halogens is 1. The molecule has 0 saturated carbocycles. The Morgan fingerprint density at radius 2 is 2.29 bits per heavy atom. The molecule has 1 aliphatic heterocycles. The summed E-state index contributed by atoms with van der Waals surface area (Å²) in [4.78, 5) is 8.67. The second kappa shape index (κ2) is 10.3. The molecule has 2 rings (SSSR count). The Morgan fingerprint density at radius 3 is 2.90 bits per heavy atom. The molecular weight excluding hydrogens is 399 g/mol. The van der Waals surface area contributed by atoms with Gasteiger partial charge in [0.15, 0.2) is 5.96 Å². The maximum atomic E-state index is 5.60. The maximum absolute atomic E-state index is 5.60. The van der Waals surface area contributed by atoms with Crippen LogP contribution in [0.4, 0.5) is 0 Å². The van der Waals surface area contributed by atoms with E-state index in [4.69, 9.17) is 4.74 Å². The van der Waals surface area contributed by atoms with Crippen molar-refractivity contribution in [2.75, 3.05) is 26.7 Å². The summed E-state index contributed by atoms with van der Waals surface area (Å²) in [5.74, 6) is 0.856. The maximum Gasteiger partial charge on any atom is 0.190 e. The van der Waals surface area contributed by atoms with Gasteiger partial charge in [-0.25, -0.2) is 4.98 Å². The van der Waals surface area contributed by atoms with Gasteiger partial charge in [-0.1, -0.05) is 0 Å². The van der Waals surface area contributed by atoms with Gasteiger partial charge in [-0.15, -0.1) is 35.3 Å². The third-order valence-corrected chi connectivity index (χ3v) is 4.17. The number of ether oxygens (including phenoxy) is 1. The lowest BCUT2D eigenvalue weighted by atomic mass is 10.2. The third-order valence-electron chi connectivity index (χ3n) is 3.35. The first-order valence-corrected chi connectivity index (χ1v) is 8.13. The molecule has 1 saturated heterocycles. The first-order chi connectivity index (χ1) is 9.78. The predicted octanol–water partition coefficient (Wildman–Crippen LogP) is 2.35. The Kier molecular flexibility index (Phi) is 9.18. The molecule has 2 heterocycles. The average Bonchev–Trinajstić information content (AvgIpc) is 3.09. The van der Waals surface area contributed by atoms with E-state index in [1.54, 1.807) is 18.4 Å². The van der Waals surface area contributed by atoms with E-state index in [2.05, 4.69) is 26.0 Å². The molecule has 0 aliphatic carbocycles. The molecule has 5 nitrogen and oxygen atoms in total. The minimum atomic E-state index is 0. The lowest BCUT2D eigenvalue weighted by Crippen LogP contribution is -2.39. The van der Waals surface area contributed by atoms with Crippen molar-refractivity contribution in [1.29, 1.82) is 0 Å². The number of nitrogens with zero attached hydrogens (tertiary/aromatic N) is 2. The smallest absolute Gasteiger partial charge is 0.190 e. The SMILES string of the molecule is CN=C(NCCc1csc(C)n1)NCCC1CCCO1.I. The summed E-state index contributed by atoms with van der Waals surface area (Å²) in [6.07, 6.45) is 4.79. The monoisotopic (exact) mass is 424 g/mol.